The molecule has 5 aromatic carbocycles. The van der Waals surface area contributed by atoms with Crippen LogP contribution >= 0.6 is 0 Å². The van der Waals surface area contributed by atoms with Gasteiger partial charge in [-0.25, -0.2) is 65.9 Å². The van der Waals surface area contributed by atoms with Gasteiger partial charge in [0.05, 0.1) is 27.4 Å². The van der Waals surface area contributed by atoms with Crippen LogP contribution in [0.4, 0.5) is 83.4 Å². The lowest BCUT2D eigenvalue weighted by molar-refractivity contribution is 0.0404. The monoisotopic (exact) mass is 754 g/mol. The van der Waals surface area contributed by atoms with Gasteiger partial charge in [0.25, 0.3) is 0 Å². The molecule has 0 unspecified atom stereocenters. The number of hydrogen-bond acceptors (Lipinski definition) is 2. The van der Waals surface area contributed by atoms with Gasteiger partial charge in [-0.2, -0.15) is 17.6 Å². The summed E-state index contributed by atoms with van der Waals surface area (Å²) in [7, 11) is -3.88. The summed E-state index contributed by atoms with van der Waals surface area (Å²) >= 11 is 0. The Labute approximate surface area is 267 Å². The van der Waals surface area contributed by atoms with Gasteiger partial charge < -0.3 is 9.31 Å². The van der Waals surface area contributed by atoms with Gasteiger partial charge in [-0.3, -0.25) is 0 Å². The molecule has 0 heterocycles. The van der Waals surface area contributed by atoms with E-state index in [1.165, 1.54) is 0 Å². The summed E-state index contributed by atoms with van der Waals surface area (Å²) in [5.41, 5.74) is -12.3. The largest absolute Gasteiger partial charge is 0.639 e. The van der Waals surface area contributed by atoms with Gasteiger partial charge in [-0.1, -0.05) is 0 Å². The topological polar surface area (TPSA) is 18.5 Å². The summed E-state index contributed by atoms with van der Waals surface area (Å²) in [5.74, 6) is -58.8. The molecule has 0 saturated carbocycles. The maximum absolute atomic E-state index is 15.7. The fraction of sp³-hybridized carbons (Fsp3) is 0.0345. The molecule has 0 aliphatic heterocycles. The van der Waals surface area contributed by atoms with Gasteiger partial charge in [0.15, 0.2) is 92.9 Å². The minimum Gasteiger partial charge on any atom is -0.519 e. The third-order valence-electron chi connectivity index (χ3n) is 7.49. The summed E-state index contributed by atoms with van der Waals surface area (Å²) in [6.07, 6.45) is 0. The fourth-order valence-corrected chi connectivity index (χ4v) is 5.26. The molecule has 0 N–H and O–H groups in total. The molecule has 0 spiro atoms. The van der Waals surface area contributed by atoms with E-state index < -0.39 is 162 Å². The molecule has 1 aliphatic carbocycles. The zero-order valence-electron chi connectivity index (χ0n) is 23.2. The Morgan fingerprint density at radius 3 is 1.33 bits per heavy atom. The van der Waals surface area contributed by atoms with E-state index in [0.717, 1.165) is 0 Å². The Morgan fingerprint density at radius 1 is 0.373 bits per heavy atom. The molecule has 0 atom stereocenters. The van der Waals surface area contributed by atoms with Crippen molar-refractivity contribution in [2.24, 2.45) is 0 Å². The molecule has 0 radical (unpaired) electrons. The van der Waals surface area contributed by atoms with Crippen molar-refractivity contribution in [3.05, 3.63) is 122 Å². The van der Waals surface area contributed by atoms with Crippen LogP contribution in [0.3, 0.4) is 0 Å². The van der Waals surface area contributed by atoms with Crippen LogP contribution in [0, 0.1) is 98.9 Å². The normalized spacial score (nSPS) is 13.2. The van der Waals surface area contributed by atoms with Crippen molar-refractivity contribution in [2.75, 3.05) is 0 Å². The molecule has 6 rings (SSSR count). The summed E-state index contributed by atoms with van der Waals surface area (Å²) in [6.45, 7) is 0. The molecule has 0 aromatic heterocycles. The summed E-state index contributed by atoms with van der Waals surface area (Å²) in [4.78, 5) is 0. The van der Waals surface area contributed by atoms with E-state index in [1.807, 2.05) is 0 Å². The van der Waals surface area contributed by atoms with E-state index in [9.17, 15) is 61.5 Å². The highest BCUT2D eigenvalue weighted by Gasteiger charge is 2.56. The van der Waals surface area contributed by atoms with Gasteiger partial charge in [0.1, 0.15) is 5.82 Å². The minimum atomic E-state index is -5.58. The highest BCUT2D eigenvalue weighted by Crippen LogP contribution is 2.58. The maximum Gasteiger partial charge on any atom is 0.639 e. The Bertz CT molecular complexity index is 2390. The average molecular weight is 754 g/mol. The van der Waals surface area contributed by atoms with Crippen molar-refractivity contribution < 1.29 is 92.7 Å². The van der Waals surface area contributed by atoms with Crippen molar-refractivity contribution in [3.8, 4) is 22.6 Å². The fourth-order valence-electron chi connectivity index (χ4n) is 5.26. The summed E-state index contributed by atoms with van der Waals surface area (Å²) in [5, 5.41) is -4.69. The van der Waals surface area contributed by atoms with Crippen LogP contribution in [0.1, 0.15) is 11.1 Å². The molecule has 0 amide bonds. The Kier molecular flexibility index (Phi) is 8.09. The zero-order valence-corrected chi connectivity index (χ0v) is 23.2. The Balaban J connectivity index is 1.70. The third kappa shape index (κ3) is 4.70. The van der Waals surface area contributed by atoms with Crippen LogP contribution in [-0.2, 0) is 5.92 Å². The lowest BCUT2D eigenvalue weighted by atomic mass is 9.77. The van der Waals surface area contributed by atoms with Crippen LogP contribution in [0.5, 0.6) is 11.5 Å². The lowest BCUT2D eigenvalue weighted by Crippen LogP contribution is -2.47. The molecule has 0 saturated heterocycles. The van der Waals surface area contributed by atoms with Gasteiger partial charge in [-0.05, 0) is 12.1 Å². The molecule has 2 nitrogen and oxygen atoms in total. The van der Waals surface area contributed by atoms with E-state index >= 15 is 22.0 Å². The summed E-state index contributed by atoms with van der Waals surface area (Å²) in [6, 6.07) is -0.128. The van der Waals surface area contributed by atoms with Crippen LogP contribution < -0.4 is 14.8 Å². The minimum absolute atomic E-state index is 0.0404. The predicted octanol–water partition coefficient (Wildman–Crippen LogP) is 9.18. The van der Waals surface area contributed by atoms with Gasteiger partial charge in [-0.15, -0.1) is 0 Å². The van der Waals surface area contributed by atoms with Gasteiger partial charge >= 0.3 is 13.0 Å². The van der Waals surface area contributed by atoms with E-state index in [-0.39, 0.29) is 12.1 Å². The van der Waals surface area contributed by atoms with Crippen molar-refractivity contribution in [2.45, 2.75) is 5.92 Å². The van der Waals surface area contributed by atoms with Gasteiger partial charge in [0, 0.05) is 11.1 Å². The highest BCUT2D eigenvalue weighted by atomic mass is 19.3. The molecule has 5 aromatic rings. The second kappa shape index (κ2) is 11.6. The van der Waals surface area contributed by atoms with E-state index in [4.69, 9.17) is 0 Å². The molecule has 22 heteroatoms. The standard InChI is InChI=1S/C29H2BF19O2/c31-3-1-2-4(32)12(33)11(3)30(50-27-8-7(16(37)23(44)25(27)46)15(36)20(41)21(42)17(8)38)51-28-10-6(14(35)22(43)26(28)47)5-9(29(10,48)49)18(39)24(45)19(40)13(5)34/h1-2H. The van der Waals surface area contributed by atoms with Crippen molar-refractivity contribution in [3.63, 3.8) is 0 Å². The first-order chi connectivity index (χ1) is 23.7. The second-order valence-electron chi connectivity index (χ2n) is 10.2. The Morgan fingerprint density at radius 2 is 0.765 bits per heavy atom. The highest BCUT2D eigenvalue weighted by molar-refractivity contribution is 6.63. The van der Waals surface area contributed by atoms with E-state index in [2.05, 4.69) is 9.31 Å². The van der Waals surface area contributed by atoms with Crippen molar-refractivity contribution in [1.29, 1.82) is 0 Å². The summed E-state index contributed by atoms with van der Waals surface area (Å²) < 4.78 is 289. The second-order valence-corrected chi connectivity index (χ2v) is 10.2. The first-order valence-electron chi connectivity index (χ1n) is 12.9. The van der Waals surface area contributed by atoms with Gasteiger partial charge in [0.2, 0.25) is 11.6 Å². The number of fused-ring (bicyclic) bond motifs is 4. The quantitative estimate of drug-likeness (QED) is 0.0772. The maximum atomic E-state index is 15.7. The molecular weight excluding hydrogens is 752 g/mol. The molecule has 266 valence electrons. The zero-order chi connectivity index (χ0) is 37.9. The number of halogens is 19. The van der Waals surface area contributed by atoms with Crippen LogP contribution in [0.2, 0.25) is 0 Å². The number of hydrogen-bond donors (Lipinski definition) is 0. The molecule has 1 aliphatic rings. The lowest BCUT2D eigenvalue weighted by Gasteiger charge is -2.23. The first kappa shape index (κ1) is 35.5. The van der Waals surface area contributed by atoms with E-state index in [1.54, 1.807) is 0 Å². The Hall–Kier alpha value is -5.31. The number of alkyl halides is 2. The smallest absolute Gasteiger partial charge is 0.519 e. The average Bonchev–Trinajstić information content (AvgIpc) is 3.33. The van der Waals surface area contributed by atoms with Crippen LogP contribution in [0.15, 0.2) is 12.1 Å². The van der Waals surface area contributed by atoms with Crippen LogP contribution in [-0.4, -0.2) is 7.12 Å². The molecular formula is C29H2BF19O2. The van der Waals surface area contributed by atoms with Crippen molar-refractivity contribution in [1.82, 2.24) is 0 Å². The first-order valence-corrected chi connectivity index (χ1v) is 12.9. The SMILES string of the molecule is Fc1ccc(F)c(B(Oc2c(F)c(F)c(F)c3c2C(F)(F)c2c(F)c(F)c(F)c(F)c2-3)Oc2c(F)c(F)c(F)c3c(F)c(F)c(F)c(F)c23)c1F. The van der Waals surface area contributed by atoms with Crippen molar-refractivity contribution >= 4 is 23.4 Å². The van der Waals surface area contributed by atoms with Crippen LogP contribution in [0.25, 0.3) is 21.9 Å². The number of rotatable bonds is 5. The molecule has 51 heavy (non-hydrogen) atoms. The molecule has 0 bridgehead atoms. The molecule has 0 fully saturated rings. The third-order valence-corrected chi connectivity index (χ3v) is 7.49. The van der Waals surface area contributed by atoms with E-state index in [0.29, 0.717) is 0 Å². The predicted molar refractivity (Wildman–Crippen MR) is 131 cm³/mol. The number of benzene rings is 5.